The number of alkyl halides is 2. The molecule has 1 amide bonds. The number of nitrogens with zero attached hydrogens (tertiary/aromatic N) is 3. The molecule has 1 saturated heterocycles. The van der Waals surface area contributed by atoms with Crippen molar-refractivity contribution < 1.29 is 22.7 Å². The lowest BCUT2D eigenvalue weighted by Crippen LogP contribution is -2.46. The molecule has 0 radical (unpaired) electrons. The highest BCUT2D eigenvalue weighted by molar-refractivity contribution is 5.93. The molecule has 3 heterocycles. The van der Waals surface area contributed by atoms with Crippen molar-refractivity contribution in [2.75, 3.05) is 31.6 Å². The summed E-state index contributed by atoms with van der Waals surface area (Å²) in [6.07, 6.45) is 4.35. The second-order valence-corrected chi connectivity index (χ2v) is 9.45. The maximum Gasteiger partial charge on any atom is 0.273 e. The quantitative estimate of drug-likeness (QED) is 0.501. The number of rotatable bonds is 6. The Morgan fingerprint density at radius 2 is 2.06 bits per heavy atom. The Hall–Kier alpha value is -3.46. The normalized spacial score (nSPS) is 17.5. The van der Waals surface area contributed by atoms with Crippen LogP contribution >= 0.6 is 0 Å². The Labute approximate surface area is 207 Å². The number of aromatic nitrogens is 2. The zero-order chi connectivity index (χ0) is 25.4. The highest BCUT2D eigenvalue weighted by Gasteiger charge is 2.32. The molecule has 0 unspecified atom stereocenters. The van der Waals surface area contributed by atoms with Crippen LogP contribution in [0.3, 0.4) is 0 Å². The molecule has 36 heavy (non-hydrogen) atoms. The second kappa shape index (κ2) is 9.54. The number of carbonyl (C=O) groups excluding carboxylic acids is 1. The summed E-state index contributed by atoms with van der Waals surface area (Å²) in [5.41, 5.74) is 2.93. The van der Waals surface area contributed by atoms with Crippen molar-refractivity contribution in [1.82, 2.24) is 15.1 Å². The minimum absolute atomic E-state index is 0.0242. The fraction of sp³-hybridized carbons (Fsp3) is 0.370. The van der Waals surface area contributed by atoms with E-state index in [0.29, 0.717) is 44.4 Å². The molecule has 0 aliphatic carbocycles. The van der Waals surface area contributed by atoms with E-state index in [1.165, 1.54) is 12.1 Å². The molecule has 1 aromatic heterocycles. The van der Waals surface area contributed by atoms with Gasteiger partial charge in [0.2, 0.25) is 5.91 Å². The third kappa shape index (κ3) is 4.67. The Kier molecular flexibility index (Phi) is 6.42. The Morgan fingerprint density at radius 1 is 1.25 bits per heavy atom. The van der Waals surface area contributed by atoms with E-state index in [1.807, 2.05) is 23.1 Å². The van der Waals surface area contributed by atoms with Crippen LogP contribution in [0.15, 0.2) is 48.7 Å². The van der Waals surface area contributed by atoms with E-state index in [9.17, 15) is 18.0 Å². The van der Waals surface area contributed by atoms with Gasteiger partial charge in [0.25, 0.3) is 5.92 Å². The number of carbonyl (C=O) groups is 1. The van der Waals surface area contributed by atoms with Crippen molar-refractivity contribution >= 4 is 28.1 Å². The molecule has 2 aromatic carbocycles. The summed E-state index contributed by atoms with van der Waals surface area (Å²) in [5, 5.41) is 12.3. The highest BCUT2D eigenvalue weighted by atomic mass is 19.3. The summed E-state index contributed by atoms with van der Waals surface area (Å²) >= 11 is 0. The summed E-state index contributed by atoms with van der Waals surface area (Å²) in [7, 11) is 0. The van der Waals surface area contributed by atoms with Gasteiger partial charge < -0.3 is 15.0 Å². The number of hydrogen-bond donors (Lipinski definition) is 1. The summed E-state index contributed by atoms with van der Waals surface area (Å²) in [4.78, 5) is 14.3. The molecule has 2 aliphatic rings. The molecule has 188 valence electrons. The summed E-state index contributed by atoms with van der Waals surface area (Å²) < 4.78 is 47.7. The van der Waals surface area contributed by atoms with Gasteiger partial charge in [0, 0.05) is 31.0 Å². The van der Waals surface area contributed by atoms with Crippen molar-refractivity contribution in [3.63, 3.8) is 0 Å². The molecule has 0 bridgehead atoms. The van der Waals surface area contributed by atoms with Gasteiger partial charge in [-0.15, -0.1) is 0 Å². The largest absolute Gasteiger partial charge is 0.380 e. The van der Waals surface area contributed by atoms with Crippen LogP contribution in [-0.2, 0) is 15.5 Å². The van der Waals surface area contributed by atoms with Gasteiger partial charge >= 0.3 is 0 Å². The molecule has 6 nitrogen and oxygen atoms in total. The van der Waals surface area contributed by atoms with Crippen LogP contribution in [0.2, 0.25) is 0 Å². The van der Waals surface area contributed by atoms with Gasteiger partial charge in [0.1, 0.15) is 5.82 Å². The fourth-order valence-electron chi connectivity index (χ4n) is 4.67. The molecule has 1 atom stereocenters. The third-order valence-corrected chi connectivity index (χ3v) is 6.86. The molecule has 9 heteroatoms. The molecule has 2 aliphatic heterocycles. The number of hydrogen-bond acceptors (Lipinski definition) is 5. The van der Waals surface area contributed by atoms with E-state index in [2.05, 4.69) is 21.6 Å². The van der Waals surface area contributed by atoms with Crippen LogP contribution in [0.1, 0.15) is 43.0 Å². The van der Waals surface area contributed by atoms with Crippen LogP contribution in [-0.4, -0.2) is 47.3 Å². The standard InChI is InChI=1S/C27H27F3N4O2/c1-16(20-4-3-5-22(25(20)28)27(2,29)30)32-24-13-31-33-23-7-6-18(12-21(23)24)17-8-10-34(11-9-17)26(35)19-14-36-15-19/h3-8,12-13,16,19H,9-11,14-15H2,1-2H3,(H,32,33)/t16-/m1/s1. The van der Waals surface area contributed by atoms with Gasteiger partial charge in [-0.3, -0.25) is 4.79 Å². The molecule has 0 saturated carbocycles. The molecular formula is C27H27F3N4O2. The summed E-state index contributed by atoms with van der Waals surface area (Å²) in [6, 6.07) is 9.29. The zero-order valence-electron chi connectivity index (χ0n) is 20.1. The van der Waals surface area contributed by atoms with Gasteiger partial charge in [0.05, 0.1) is 48.1 Å². The van der Waals surface area contributed by atoms with Crippen molar-refractivity contribution in [2.45, 2.75) is 32.2 Å². The fourth-order valence-corrected chi connectivity index (χ4v) is 4.67. The lowest BCUT2D eigenvalue weighted by molar-refractivity contribution is -0.149. The van der Waals surface area contributed by atoms with Crippen molar-refractivity contribution in [1.29, 1.82) is 0 Å². The highest BCUT2D eigenvalue weighted by Crippen LogP contribution is 2.34. The van der Waals surface area contributed by atoms with E-state index in [0.717, 1.165) is 29.0 Å². The third-order valence-electron chi connectivity index (χ3n) is 6.86. The average molecular weight is 497 g/mol. The maximum atomic E-state index is 14.9. The number of ether oxygens (including phenoxy) is 1. The Balaban J connectivity index is 1.39. The van der Waals surface area contributed by atoms with E-state index < -0.39 is 23.3 Å². The van der Waals surface area contributed by atoms with Crippen molar-refractivity contribution in [2.24, 2.45) is 5.92 Å². The summed E-state index contributed by atoms with van der Waals surface area (Å²) in [6.45, 7) is 4.60. The minimum atomic E-state index is -3.28. The minimum Gasteiger partial charge on any atom is -0.380 e. The molecule has 1 N–H and O–H groups in total. The first-order chi connectivity index (χ1) is 17.2. The lowest BCUT2D eigenvalue weighted by atomic mass is 9.96. The van der Waals surface area contributed by atoms with E-state index >= 15 is 0 Å². The average Bonchev–Trinajstić information content (AvgIpc) is 2.82. The topological polar surface area (TPSA) is 67.4 Å². The first-order valence-electron chi connectivity index (χ1n) is 12.0. The molecular weight excluding hydrogens is 469 g/mol. The predicted molar refractivity (Wildman–Crippen MR) is 131 cm³/mol. The van der Waals surface area contributed by atoms with Crippen LogP contribution in [0.4, 0.5) is 18.9 Å². The van der Waals surface area contributed by atoms with Crippen molar-refractivity contribution in [3.05, 3.63) is 71.2 Å². The maximum absolute atomic E-state index is 14.9. The number of halogens is 3. The van der Waals surface area contributed by atoms with Gasteiger partial charge in [-0.1, -0.05) is 30.3 Å². The van der Waals surface area contributed by atoms with Gasteiger partial charge in [-0.2, -0.15) is 10.2 Å². The Morgan fingerprint density at radius 3 is 2.72 bits per heavy atom. The van der Waals surface area contributed by atoms with Gasteiger partial charge in [-0.25, -0.2) is 13.2 Å². The van der Waals surface area contributed by atoms with E-state index in [-0.39, 0.29) is 17.4 Å². The zero-order valence-corrected chi connectivity index (χ0v) is 20.1. The monoisotopic (exact) mass is 496 g/mol. The first-order valence-corrected chi connectivity index (χ1v) is 12.0. The first kappa shape index (κ1) is 24.2. The van der Waals surface area contributed by atoms with Crippen LogP contribution in [0, 0.1) is 11.7 Å². The Bertz CT molecular complexity index is 1330. The van der Waals surface area contributed by atoms with Crippen LogP contribution < -0.4 is 5.32 Å². The molecule has 3 aromatic rings. The van der Waals surface area contributed by atoms with Gasteiger partial charge in [0.15, 0.2) is 0 Å². The molecule has 0 spiro atoms. The van der Waals surface area contributed by atoms with E-state index in [4.69, 9.17) is 4.74 Å². The number of nitrogens with one attached hydrogen (secondary N) is 1. The number of anilines is 1. The number of fused-ring (bicyclic) bond motifs is 1. The SMILES string of the molecule is C[C@@H](Nc1cnnc2ccc(C3=CCN(C(=O)C4COC4)CC3)cc12)c1cccc(C(C)(F)F)c1F. The van der Waals surface area contributed by atoms with Crippen molar-refractivity contribution in [3.8, 4) is 0 Å². The second-order valence-electron chi connectivity index (χ2n) is 9.45. The molecule has 1 fully saturated rings. The van der Waals surface area contributed by atoms with Gasteiger partial charge in [-0.05, 0) is 36.6 Å². The van der Waals surface area contributed by atoms with Crippen LogP contribution in [0.25, 0.3) is 16.5 Å². The van der Waals surface area contributed by atoms with E-state index in [1.54, 1.807) is 13.1 Å². The molecule has 5 rings (SSSR count). The number of amides is 1. The predicted octanol–water partition coefficient (Wildman–Crippen LogP) is 5.32. The lowest BCUT2D eigenvalue weighted by Gasteiger charge is -2.33. The summed E-state index contributed by atoms with van der Waals surface area (Å²) in [5.74, 6) is -4.08. The smallest absolute Gasteiger partial charge is 0.273 e. The van der Waals surface area contributed by atoms with Crippen LogP contribution in [0.5, 0.6) is 0 Å². The number of benzene rings is 2.